The summed E-state index contributed by atoms with van der Waals surface area (Å²) in [6, 6.07) is 7.98. The molecule has 0 aliphatic heterocycles. The Morgan fingerprint density at radius 2 is 2.05 bits per heavy atom. The lowest BCUT2D eigenvalue weighted by atomic mass is 10.2. The standard InChI is InChI=1S/C14H11NOS3/c16-14(13-2-1-4-18-13)15-7-12-6-11(9-19-12)10-3-5-17-8-10/h1-6,8-9H,7H2,(H,15,16). The van der Waals surface area contributed by atoms with E-state index < -0.39 is 0 Å². The van der Waals surface area contributed by atoms with Gasteiger partial charge in [0, 0.05) is 4.88 Å². The van der Waals surface area contributed by atoms with E-state index in [-0.39, 0.29) is 5.91 Å². The molecule has 0 aromatic carbocycles. The lowest BCUT2D eigenvalue weighted by Gasteiger charge is -2.00. The molecule has 3 aromatic heterocycles. The quantitative estimate of drug-likeness (QED) is 0.757. The van der Waals surface area contributed by atoms with E-state index in [0.29, 0.717) is 6.54 Å². The van der Waals surface area contributed by atoms with Crippen molar-refractivity contribution in [3.8, 4) is 11.1 Å². The van der Waals surface area contributed by atoms with Gasteiger partial charge in [-0.05, 0) is 50.8 Å². The minimum absolute atomic E-state index is 0.000448. The maximum Gasteiger partial charge on any atom is 0.261 e. The Kier molecular flexibility index (Phi) is 3.77. The number of rotatable bonds is 4. The summed E-state index contributed by atoms with van der Waals surface area (Å²) in [5.41, 5.74) is 2.48. The summed E-state index contributed by atoms with van der Waals surface area (Å²) in [6.45, 7) is 0.589. The summed E-state index contributed by atoms with van der Waals surface area (Å²) in [7, 11) is 0. The van der Waals surface area contributed by atoms with Crippen molar-refractivity contribution in [1.29, 1.82) is 0 Å². The predicted octanol–water partition coefficient (Wildman–Crippen LogP) is 4.47. The summed E-state index contributed by atoms with van der Waals surface area (Å²) in [5.74, 6) is 0.000448. The number of carbonyl (C=O) groups excluding carboxylic acids is 1. The van der Waals surface area contributed by atoms with Crippen molar-refractivity contribution in [2.75, 3.05) is 0 Å². The molecule has 2 nitrogen and oxygen atoms in total. The van der Waals surface area contributed by atoms with E-state index in [0.717, 1.165) is 4.88 Å². The van der Waals surface area contributed by atoms with Crippen LogP contribution in [0.4, 0.5) is 0 Å². The van der Waals surface area contributed by atoms with Gasteiger partial charge in [0.25, 0.3) is 5.91 Å². The van der Waals surface area contributed by atoms with Crippen molar-refractivity contribution in [1.82, 2.24) is 5.32 Å². The van der Waals surface area contributed by atoms with Crippen molar-refractivity contribution in [2.24, 2.45) is 0 Å². The van der Waals surface area contributed by atoms with Gasteiger partial charge in [-0.3, -0.25) is 4.79 Å². The molecule has 0 saturated carbocycles. The Morgan fingerprint density at radius 3 is 2.79 bits per heavy atom. The third-order valence-corrected chi connectivity index (χ3v) is 5.16. The number of hydrogen-bond acceptors (Lipinski definition) is 4. The molecule has 0 saturated heterocycles. The van der Waals surface area contributed by atoms with Gasteiger partial charge in [-0.25, -0.2) is 0 Å². The van der Waals surface area contributed by atoms with E-state index >= 15 is 0 Å². The molecule has 0 spiro atoms. The van der Waals surface area contributed by atoms with Crippen LogP contribution in [0, 0.1) is 0 Å². The van der Waals surface area contributed by atoms with Gasteiger partial charge in [-0.2, -0.15) is 11.3 Å². The molecule has 0 atom stereocenters. The van der Waals surface area contributed by atoms with Crippen molar-refractivity contribution >= 4 is 39.9 Å². The van der Waals surface area contributed by atoms with E-state index in [1.807, 2.05) is 17.5 Å². The Hall–Kier alpha value is -1.43. The number of hydrogen-bond donors (Lipinski definition) is 1. The van der Waals surface area contributed by atoms with Crippen LogP contribution in [0.5, 0.6) is 0 Å². The Balaban J connectivity index is 1.63. The van der Waals surface area contributed by atoms with Gasteiger partial charge in [0.1, 0.15) is 0 Å². The molecule has 1 N–H and O–H groups in total. The second kappa shape index (κ2) is 5.69. The average molecular weight is 305 g/mol. The third-order valence-electron chi connectivity index (χ3n) is 2.68. The largest absolute Gasteiger partial charge is 0.346 e. The van der Waals surface area contributed by atoms with Gasteiger partial charge in [0.2, 0.25) is 0 Å². The highest BCUT2D eigenvalue weighted by atomic mass is 32.1. The van der Waals surface area contributed by atoms with Gasteiger partial charge in [0.05, 0.1) is 11.4 Å². The van der Waals surface area contributed by atoms with Crippen LogP contribution in [0.3, 0.4) is 0 Å². The smallest absolute Gasteiger partial charge is 0.261 e. The molecule has 0 radical (unpaired) electrons. The molecule has 1 amide bonds. The molecule has 3 heterocycles. The van der Waals surface area contributed by atoms with Gasteiger partial charge in [0.15, 0.2) is 0 Å². The zero-order chi connectivity index (χ0) is 13.1. The van der Waals surface area contributed by atoms with Crippen LogP contribution in [0.25, 0.3) is 11.1 Å². The van der Waals surface area contributed by atoms with Crippen molar-refractivity contribution in [3.05, 3.63) is 55.5 Å². The third kappa shape index (κ3) is 2.94. The first kappa shape index (κ1) is 12.6. The van der Waals surface area contributed by atoms with Crippen molar-refractivity contribution in [3.63, 3.8) is 0 Å². The molecular formula is C14H11NOS3. The van der Waals surface area contributed by atoms with Crippen LogP contribution in [0.15, 0.2) is 45.8 Å². The molecule has 0 bridgehead atoms. The van der Waals surface area contributed by atoms with E-state index in [1.54, 1.807) is 22.7 Å². The molecule has 3 aromatic rings. The molecule has 0 unspecified atom stereocenters. The van der Waals surface area contributed by atoms with Crippen LogP contribution in [0.2, 0.25) is 0 Å². The van der Waals surface area contributed by atoms with Crippen molar-refractivity contribution in [2.45, 2.75) is 6.54 Å². The molecule has 19 heavy (non-hydrogen) atoms. The predicted molar refractivity (Wildman–Crippen MR) is 83.1 cm³/mol. The summed E-state index contributed by atoms with van der Waals surface area (Å²) >= 11 is 4.84. The Morgan fingerprint density at radius 1 is 1.11 bits per heavy atom. The number of nitrogens with one attached hydrogen (secondary N) is 1. The molecular weight excluding hydrogens is 294 g/mol. The highest BCUT2D eigenvalue weighted by molar-refractivity contribution is 7.12. The van der Waals surface area contributed by atoms with Crippen molar-refractivity contribution < 1.29 is 4.79 Å². The average Bonchev–Trinajstić information content (AvgIpc) is 3.14. The fraction of sp³-hybridized carbons (Fsp3) is 0.0714. The van der Waals surface area contributed by atoms with E-state index in [2.05, 4.69) is 33.6 Å². The van der Waals surface area contributed by atoms with Crippen LogP contribution >= 0.6 is 34.0 Å². The lowest BCUT2D eigenvalue weighted by molar-refractivity contribution is 0.0955. The first-order valence-corrected chi connectivity index (χ1v) is 8.45. The van der Waals surface area contributed by atoms with E-state index in [4.69, 9.17) is 0 Å². The van der Waals surface area contributed by atoms with E-state index in [1.165, 1.54) is 27.3 Å². The monoisotopic (exact) mass is 305 g/mol. The fourth-order valence-corrected chi connectivity index (χ4v) is 3.85. The van der Waals surface area contributed by atoms with Crippen LogP contribution in [0.1, 0.15) is 14.5 Å². The topological polar surface area (TPSA) is 29.1 Å². The fourth-order valence-electron chi connectivity index (χ4n) is 1.72. The minimum atomic E-state index is 0.000448. The van der Waals surface area contributed by atoms with E-state index in [9.17, 15) is 4.79 Å². The second-order valence-electron chi connectivity index (χ2n) is 3.97. The molecule has 0 aliphatic carbocycles. The summed E-state index contributed by atoms with van der Waals surface area (Å²) in [6.07, 6.45) is 0. The molecule has 96 valence electrons. The van der Waals surface area contributed by atoms with Gasteiger partial charge >= 0.3 is 0 Å². The second-order valence-corrected chi connectivity index (χ2v) is 6.70. The zero-order valence-corrected chi connectivity index (χ0v) is 12.4. The molecule has 0 aliphatic rings. The number of carbonyl (C=O) groups is 1. The SMILES string of the molecule is O=C(NCc1cc(-c2ccsc2)cs1)c1cccs1. The molecule has 3 rings (SSSR count). The molecule has 0 fully saturated rings. The maximum absolute atomic E-state index is 11.8. The number of thiophene rings is 3. The zero-order valence-electron chi connectivity index (χ0n) is 9.96. The first-order valence-electron chi connectivity index (χ1n) is 5.74. The highest BCUT2D eigenvalue weighted by Gasteiger charge is 2.07. The lowest BCUT2D eigenvalue weighted by Crippen LogP contribution is -2.21. The Bertz CT molecular complexity index is 653. The summed E-state index contributed by atoms with van der Waals surface area (Å²) in [4.78, 5) is 13.8. The van der Waals surface area contributed by atoms with Gasteiger partial charge in [-0.15, -0.1) is 22.7 Å². The normalized spacial score (nSPS) is 10.5. The first-order chi connectivity index (χ1) is 9.33. The summed E-state index contributed by atoms with van der Waals surface area (Å²) < 4.78 is 0. The minimum Gasteiger partial charge on any atom is -0.346 e. The summed E-state index contributed by atoms with van der Waals surface area (Å²) in [5, 5.41) is 11.2. The number of amides is 1. The highest BCUT2D eigenvalue weighted by Crippen LogP contribution is 2.27. The van der Waals surface area contributed by atoms with Gasteiger partial charge in [-0.1, -0.05) is 6.07 Å². The molecule has 5 heteroatoms. The van der Waals surface area contributed by atoms with Crippen LogP contribution in [-0.2, 0) is 6.54 Å². The maximum atomic E-state index is 11.8. The van der Waals surface area contributed by atoms with Gasteiger partial charge < -0.3 is 5.32 Å². The van der Waals surface area contributed by atoms with Crippen LogP contribution in [-0.4, -0.2) is 5.91 Å². The Labute approximate surface area is 123 Å². The van der Waals surface area contributed by atoms with Crippen LogP contribution < -0.4 is 5.32 Å².